The molecule has 0 radical (unpaired) electrons. The van der Waals surface area contributed by atoms with E-state index in [-0.39, 0.29) is 0 Å². The molecule has 0 fully saturated rings. The van der Waals surface area contributed by atoms with Crippen molar-refractivity contribution in [3.8, 4) is 0 Å². The van der Waals surface area contributed by atoms with Crippen LogP contribution in [0.25, 0.3) is 0 Å². The second-order valence-corrected chi connectivity index (χ2v) is 5.74. The lowest BCUT2D eigenvalue weighted by Crippen LogP contribution is -2.32. The third-order valence-corrected chi connectivity index (χ3v) is 4.09. The van der Waals surface area contributed by atoms with Gasteiger partial charge in [0.1, 0.15) is 0 Å². The molecule has 2 atom stereocenters. The predicted molar refractivity (Wildman–Crippen MR) is 67.2 cm³/mol. The van der Waals surface area contributed by atoms with Crippen molar-refractivity contribution in [2.24, 2.45) is 5.73 Å². The Morgan fingerprint density at radius 2 is 2.19 bits per heavy atom. The van der Waals surface area contributed by atoms with Crippen LogP contribution in [0.4, 0.5) is 0 Å². The van der Waals surface area contributed by atoms with Gasteiger partial charge in [0.25, 0.3) is 0 Å². The van der Waals surface area contributed by atoms with Crippen LogP contribution in [0.5, 0.6) is 0 Å². The summed E-state index contributed by atoms with van der Waals surface area (Å²) in [6, 6.07) is 0. The first kappa shape index (κ1) is 13.5. The lowest BCUT2D eigenvalue weighted by Gasteiger charge is -2.16. The predicted octanol–water partition coefficient (Wildman–Crippen LogP) is 2.69. The highest BCUT2D eigenvalue weighted by Gasteiger charge is 2.26. The molecule has 2 N–H and O–H groups in total. The van der Waals surface area contributed by atoms with Crippen molar-refractivity contribution in [1.82, 2.24) is 10.1 Å². The van der Waals surface area contributed by atoms with Crippen molar-refractivity contribution >= 4 is 11.8 Å². The van der Waals surface area contributed by atoms with Crippen LogP contribution in [-0.2, 0) is 11.3 Å². The summed E-state index contributed by atoms with van der Waals surface area (Å²) in [5, 5.41) is 4.57. The smallest absolute Gasteiger partial charge is 0.246 e. The summed E-state index contributed by atoms with van der Waals surface area (Å²) >= 11 is 1.84. The van der Waals surface area contributed by atoms with Crippen LogP contribution in [0.1, 0.15) is 52.3 Å². The van der Waals surface area contributed by atoms with Crippen molar-refractivity contribution in [2.75, 3.05) is 0 Å². The van der Waals surface area contributed by atoms with Crippen molar-refractivity contribution in [2.45, 2.75) is 57.1 Å². The van der Waals surface area contributed by atoms with Gasteiger partial charge in [0.2, 0.25) is 5.89 Å². The molecule has 0 amide bonds. The van der Waals surface area contributed by atoms with Crippen LogP contribution in [0.3, 0.4) is 0 Å². The van der Waals surface area contributed by atoms with E-state index in [0.717, 1.165) is 24.4 Å². The molecule has 1 rings (SSSR count). The van der Waals surface area contributed by atoms with Gasteiger partial charge in [-0.2, -0.15) is 16.7 Å². The van der Waals surface area contributed by atoms with E-state index in [1.807, 2.05) is 25.6 Å². The Morgan fingerprint density at radius 1 is 1.50 bits per heavy atom. The van der Waals surface area contributed by atoms with Crippen LogP contribution >= 0.6 is 11.8 Å². The van der Waals surface area contributed by atoms with Gasteiger partial charge in [0.05, 0.1) is 11.3 Å². The van der Waals surface area contributed by atoms with Crippen molar-refractivity contribution in [3.05, 3.63) is 11.7 Å². The zero-order chi connectivity index (χ0) is 12.2. The van der Waals surface area contributed by atoms with E-state index in [2.05, 4.69) is 24.0 Å². The second kappa shape index (κ2) is 5.68. The Balaban J connectivity index is 2.58. The van der Waals surface area contributed by atoms with E-state index in [4.69, 9.17) is 10.3 Å². The SMILES string of the molecule is CCC(C)SCc1noc(C(C)(N)CC)n1. The summed E-state index contributed by atoms with van der Waals surface area (Å²) in [5.74, 6) is 2.07. The van der Waals surface area contributed by atoms with E-state index in [1.54, 1.807) is 0 Å². The molecule has 1 aromatic heterocycles. The number of nitrogens with two attached hydrogens (primary N) is 1. The van der Waals surface area contributed by atoms with Crippen molar-refractivity contribution in [3.63, 3.8) is 0 Å². The van der Waals surface area contributed by atoms with Gasteiger partial charge in [-0.15, -0.1) is 0 Å². The van der Waals surface area contributed by atoms with Gasteiger partial charge in [-0.05, 0) is 19.8 Å². The van der Waals surface area contributed by atoms with Gasteiger partial charge in [0, 0.05) is 5.25 Å². The average molecular weight is 243 g/mol. The van der Waals surface area contributed by atoms with Crippen LogP contribution in [0, 0.1) is 0 Å². The molecule has 16 heavy (non-hydrogen) atoms. The van der Waals surface area contributed by atoms with E-state index in [0.29, 0.717) is 11.1 Å². The Bertz CT molecular complexity index is 325. The standard InChI is InChI=1S/C11H21N3OS/c1-5-8(3)16-7-9-13-10(15-14-9)11(4,12)6-2/h8H,5-7,12H2,1-4H3. The number of rotatable bonds is 6. The largest absolute Gasteiger partial charge is 0.337 e. The molecule has 4 nitrogen and oxygen atoms in total. The lowest BCUT2D eigenvalue weighted by molar-refractivity contribution is 0.290. The molecule has 0 saturated heterocycles. The highest BCUT2D eigenvalue weighted by atomic mass is 32.2. The third kappa shape index (κ3) is 3.49. The van der Waals surface area contributed by atoms with Crippen LogP contribution in [0.15, 0.2) is 4.52 Å². The fourth-order valence-corrected chi connectivity index (χ4v) is 1.82. The first-order chi connectivity index (χ1) is 7.49. The zero-order valence-corrected chi connectivity index (χ0v) is 11.3. The molecule has 2 unspecified atom stereocenters. The van der Waals surface area contributed by atoms with Crippen molar-refractivity contribution in [1.29, 1.82) is 0 Å². The molecule has 1 heterocycles. The summed E-state index contributed by atoms with van der Waals surface area (Å²) < 4.78 is 5.19. The normalized spacial score (nSPS) is 17.1. The van der Waals surface area contributed by atoms with Gasteiger partial charge in [0.15, 0.2) is 5.82 Å². The second-order valence-electron chi connectivity index (χ2n) is 4.32. The fraction of sp³-hybridized carbons (Fsp3) is 0.818. The molecule has 0 aliphatic heterocycles. The first-order valence-corrected chi connectivity index (χ1v) is 6.78. The Hall–Kier alpha value is -0.550. The first-order valence-electron chi connectivity index (χ1n) is 5.73. The molecule has 0 bridgehead atoms. The highest BCUT2D eigenvalue weighted by Crippen LogP contribution is 2.22. The third-order valence-electron chi connectivity index (χ3n) is 2.76. The number of aromatic nitrogens is 2. The van der Waals surface area contributed by atoms with Crippen LogP contribution < -0.4 is 5.73 Å². The Morgan fingerprint density at radius 3 is 2.75 bits per heavy atom. The van der Waals surface area contributed by atoms with Gasteiger partial charge < -0.3 is 10.3 Å². The molecule has 0 aliphatic carbocycles. The molecule has 5 heteroatoms. The van der Waals surface area contributed by atoms with Gasteiger partial charge in [-0.25, -0.2) is 0 Å². The molecule has 92 valence electrons. The molecule has 0 saturated carbocycles. The Kier molecular flexibility index (Phi) is 4.80. The maximum atomic E-state index is 6.03. The average Bonchev–Trinajstić information content (AvgIpc) is 2.75. The number of thioether (sulfide) groups is 1. The quantitative estimate of drug-likeness (QED) is 0.832. The molecule has 0 aliphatic rings. The van der Waals surface area contributed by atoms with Gasteiger partial charge in [-0.1, -0.05) is 25.9 Å². The van der Waals surface area contributed by atoms with E-state index in [1.165, 1.54) is 0 Å². The minimum Gasteiger partial charge on any atom is -0.337 e. The maximum Gasteiger partial charge on any atom is 0.246 e. The Labute approximate surface area is 101 Å². The number of hydrogen-bond acceptors (Lipinski definition) is 5. The monoisotopic (exact) mass is 243 g/mol. The molecule has 1 aromatic rings. The van der Waals surface area contributed by atoms with E-state index in [9.17, 15) is 0 Å². The van der Waals surface area contributed by atoms with Crippen LogP contribution in [0.2, 0.25) is 0 Å². The minimum absolute atomic E-state index is 0.508. The molecule has 0 spiro atoms. The summed E-state index contributed by atoms with van der Waals surface area (Å²) in [5.41, 5.74) is 5.52. The van der Waals surface area contributed by atoms with Gasteiger partial charge in [-0.3, -0.25) is 0 Å². The summed E-state index contributed by atoms with van der Waals surface area (Å²) in [6.07, 6.45) is 1.94. The summed E-state index contributed by atoms with van der Waals surface area (Å²) in [7, 11) is 0. The maximum absolute atomic E-state index is 6.03. The topological polar surface area (TPSA) is 64.9 Å². The summed E-state index contributed by atoms with van der Waals surface area (Å²) in [6.45, 7) is 8.29. The number of hydrogen-bond donors (Lipinski definition) is 1. The molecule has 0 aromatic carbocycles. The molecular weight excluding hydrogens is 222 g/mol. The number of nitrogens with zero attached hydrogens (tertiary/aromatic N) is 2. The minimum atomic E-state index is -0.508. The van der Waals surface area contributed by atoms with E-state index >= 15 is 0 Å². The van der Waals surface area contributed by atoms with Crippen molar-refractivity contribution < 1.29 is 4.52 Å². The fourth-order valence-electron chi connectivity index (χ4n) is 1.03. The van der Waals surface area contributed by atoms with Gasteiger partial charge >= 0.3 is 0 Å². The summed E-state index contributed by atoms with van der Waals surface area (Å²) in [4.78, 5) is 4.34. The lowest BCUT2D eigenvalue weighted by atomic mass is 10.0. The van der Waals surface area contributed by atoms with Crippen LogP contribution in [-0.4, -0.2) is 15.4 Å². The zero-order valence-electron chi connectivity index (χ0n) is 10.5. The highest BCUT2D eigenvalue weighted by molar-refractivity contribution is 7.99. The van der Waals surface area contributed by atoms with E-state index < -0.39 is 5.54 Å². The molecular formula is C11H21N3OS.